The van der Waals surface area contributed by atoms with Crippen molar-refractivity contribution in [3.63, 3.8) is 0 Å². The highest BCUT2D eigenvalue weighted by atomic mass is 16.2. The first-order valence-corrected chi connectivity index (χ1v) is 8.11. The number of nitrogens with zero attached hydrogens (tertiary/aromatic N) is 1. The summed E-state index contributed by atoms with van der Waals surface area (Å²) >= 11 is 0. The van der Waals surface area contributed by atoms with Gasteiger partial charge in [-0.15, -0.1) is 0 Å². The Bertz CT molecular complexity index is 596. The van der Waals surface area contributed by atoms with Crippen molar-refractivity contribution >= 4 is 5.91 Å². The Labute approximate surface area is 139 Å². The second kappa shape index (κ2) is 8.49. The monoisotopic (exact) mass is 310 g/mol. The fourth-order valence-electron chi connectivity index (χ4n) is 2.78. The van der Waals surface area contributed by atoms with E-state index in [-0.39, 0.29) is 11.9 Å². The summed E-state index contributed by atoms with van der Waals surface area (Å²) in [6.45, 7) is 2.85. The van der Waals surface area contributed by atoms with Gasteiger partial charge in [-0.3, -0.25) is 9.69 Å². The molecule has 0 heterocycles. The van der Waals surface area contributed by atoms with Crippen LogP contribution in [0.25, 0.3) is 0 Å². The first-order valence-electron chi connectivity index (χ1n) is 8.11. The third kappa shape index (κ3) is 5.22. The molecular formula is C20H26N2O. The fraction of sp³-hybridized carbons (Fsp3) is 0.350. The van der Waals surface area contributed by atoms with Crippen LogP contribution in [-0.4, -0.2) is 31.4 Å². The van der Waals surface area contributed by atoms with E-state index >= 15 is 0 Å². The van der Waals surface area contributed by atoms with Crippen LogP contribution in [-0.2, 0) is 11.2 Å². The Morgan fingerprint density at radius 2 is 1.57 bits per heavy atom. The molecule has 2 aromatic rings. The van der Waals surface area contributed by atoms with E-state index in [1.54, 1.807) is 0 Å². The Balaban J connectivity index is 1.92. The van der Waals surface area contributed by atoms with Crippen molar-refractivity contribution in [1.82, 2.24) is 10.2 Å². The van der Waals surface area contributed by atoms with Crippen LogP contribution in [0, 0.1) is 5.92 Å². The highest BCUT2D eigenvalue weighted by molar-refractivity contribution is 5.83. The van der Waals surface area contributed by atoms with Gasteiger partial charge in [0.05, 0.1) is 0 Å². The lowest BCUT2D eigenvalue weighted by Gasteiger charge is -2.24. The third-order valence-electron chi connectivity index (χ3n) is 3.93. The molecule has 1 amide bonds. The Morgan fingerprint density at radius 3 is 2.13 bits per heavy atom. The first-order chi connectivity index (χ1) is 11.1. The normalized spacial score (nSPS) is 13.6. The van der Waals surface area contributed by atoms with Crippen LogP contribution in [0.4, 0.5) is 0 Å². The summed E-state index contributed by atoms with van der Waals surface area (Å²) in [7, 11) is 3.87. The van der Waals surface area contributed by atoms with E-state index < -0.39 is 0 Å². The van der Waals surface area contributed by atoms with Gasteiger partial charge >= 0.3 is 0 Å². The Kier molecular flexibility index (Phi) is 6.36. The predicted molar refractivity (Wildman–Crippen MR) is 95.2 cm³/mol. The highest BCUT2D eigenvalue weighted by Gasteiger charge is 2.22. The third-order valence-corrected chi connectivity index (χ3v) is 3.93. The van der Waals surface area contributed by atoms with E-state index in [9.17, 15) is 4.79 Å². The average Bonchev–Trinajstić information content (AvgIpc) is 2.55. The molecule has 2 aromatic carbocycles. The van der Waals surface area contributed by atoms with Crippen LogP contribution >= 0.6 is 0 Å². The van der Waals surface area contributed by atoms with Gasteiger partial charge in [-0.1, -0.05) is 67.6 Å². The van der Waals surface area contributed by atoms with Crippen LogP contribution in [0.15, 0.2) is 60.7 Å². The summed E-state index contributed by atoms with van der Waals surface area (Å²) in [5, 5.41) is 3.10. The molecule has 1 N–H and O–H groups in total. The summed E-state index contributed by atoms with van der Waals surface area (Å²) in [6.07, 6.45) is 0.971. The van der Waals surface area contributed by atoms with E-state index in [1.807, 2.05) is 55.4 Å². The molecular weight excluding hydrogens is 284 g/mol. The van der Waals surface area contributed by atoms with E-state index in [0.717, 1.165) is 12.0 Å². The van der Waals surface area contributed by atoms with Gasteiger partial charge in [0.1, 0.15) is 6.04 Å². The number of hydrogen-bond acceptors (Lipinski definition) is 2. The molecule has 0 bridgehead atoms. The van der Waals surface area contributed by atoms with Gasteiger partial charge in [-0.05, 0) is 37.6 Å². The van der Waals surface area contributed by atoms with Gasteiger partial charge in [-0.2, -0.15) is 0 Å². The van der Waals surface area contributed by atoms with Gasteiger partial charge in [0, 0.05) is 6.54 Å². The molecule has 3 nitrogen and oxygen atoms in total. The fourth-order valence-corrected chi connectivity index (χ4v) is 2.78. The smallest absolute Gasteiger partial charge is 0.241 e. The zero-order chi connectivity index (χ0) is 16.7. The molecule has 0 aliphatic carbocycles. The van der Waals surface area contributed by atoms with Gasteiger partial charge in [0.25, 0.3) is 0 Å². The molecule has 0 spiro atoms. The van der Waals surface area contributed by atoms with Crippen molar-refractivity contribution in [3.8, 4) is 0 Å². The maximum absolute atomic E-state index is 12.6. The van der Waals surface area contributed by atoms with Crippen molar-refractivity contribution in [1.29, 1.82) is 0 Å². The van der Waals surface area contributed by atoms with Crippen LogP contribution in [0.2, 0.25) is 0 Å². The summed E-state index contributed by atoms with van der Waals surface area (Å²) < 4.78 is 0. The predicted octanol–water partition coefficient (Wildman–Crippen LogP) is 3.28. The standard InChI is InChI=1S/C20H26N2O/c1-16(14-17-10-6-4-7-11-17)15-21-20(23)19(22(2)3)18-12-8-5-9-13-18/h4-13,16,19H,14-15H2,1-3H3,(H,21,23). The van der Waals surface area contributed by atoms with Crippen molar-refractivity contribution in [3.05, 3.63) is 71.8 Å². The van der Waals surface area contributed by atoms with E-state index in [0.29, 0.717) is 12.5 Å². The van der Waals surface area contributed by atoms with E-state index in [1.165, 1.54) is 5.56 Å². The van der Waals surface area contributed by atoms with Crippen LogP contribution in [0.1, 0.15) is 24.1 Å². The summed E-state index contributed by atoms with van der Waals surface area (Å²) in [5.74, 6) is 0.459. The molecule has 0 aliphatic rings. The molecule has 2 unspecified atom stereocenters. The molecule has 0 saturated carbocycles. The van der Waals surface area contributed by atoms with Crippen molar-refractivity contribution in [2.24, 2.45) is 5.92 Å². The lowest BCUT2D eigenvalue weighted by Crippen LogP contribution is -2.39. The maximum atomic E-state index is 12.6. The van der Waals surface area contributed by atoms with Gasteiger partial charge in [-0.25, -0.2) is 0 Å². The SMILES string of the molecule is CC(CNC(=O)C(c1ccccc1)N(C)C)Cc1ccccc1. The molecule has 122 valence electrons. The van der Waals surface area contributed by atoms with E-state index in [2.05, 4.69) is 36.5 Å². The number of hydrogen-bond donors (Lipinski definition) is 1. The maximum Gasteiger partial charge on any atom is 0.241 e. The second-order valence-corrected chi connectivity index (χ2v) is 6.32. The summed E-state index contributed by atoms with van der Waals surface area (Å²) in [5.41, 5.74) is 2.33. The van der Waals surface area contributed by atoms with Crippen LogP contribution in [0.3, 0.4) is 0 Å². The first kappa shape index (κ1) is 17.2. The molecule has 0 aromatic heterocycles. The summed E-state index contributed by atoms with van der Waals surface area (Å²) in [4.78, 5) is 14.5. The number of rotatable bonds is 7. The van der Waals surface area contributed by atoms with Crippen LogP contribution in [0.5, 0.6) is 0 Å². The number of likely N-dealkylation sites (N-methyl/N-ethyl adjacent to an activating group) is 1. The van der Waals surface area contributed by atoms with Gasteiger partial charge in [0.15, 0.2) is 0 Å². The number of benzene rings is 2. The molecule has 2 atom stereocenters. The van der Waals surface area contributed by atoms with Gasteiger partial charge < -0.3 is 5.32 Å². The highest BCUT2D eigenvalue weighted by Crippen LogP contribution is 2.18. The van der Waals surface area contributed by atoms with Crippen LogP contribution < -0.4 is 5.32 Å². The van der Waals surface area contributed by atoms with Crippen molar-refractivity contribution in [2.75, 3.05) is 20.6 Å². The van der Waals surface area contributed by atoms with Crippen molar-refractivity contribution < 1.29 is 4.79 Å². The lowest BCUT2D eigenvalue weighted by molar-refractivity contribution is -0.125. The topological polar surface area (TPSA) is 32.3 Å². The lowest BCUT2D eigenvalue weighted by atomic mass is 10.0. The minimum absolute atomic E-state index is 0.0566. The van der Waals surface area contributed by atoms with E-state index in [4.69, 9.17) is 0 Å². The zero-order valence-corrected chi connectivity index (χ0v) is 14.2. The minimum Gasteiger partial charge on any atom is -0.354 e. The van der Waals surface area contributed by atoms with Gasteiger partial charge in [0.2, 0.25) is 5.91 Å². The minimum atomic E-state index is -0.250. The molecule has 2 rings (SSSR count). The molecule has 0 saturated heterocycles. The Hall–Kier alpha value is -2.13. The average molecular weight is 310 g/mol. The molecule has 3 heteroatoms. The molecule has 23 heavy (non-hydrogen) atoms. The zero-order valence-electron chi connectivity index (χ0n) is 14.2. The number of carbonyl (C=O) groups is 1. The molecule has 0 radical (unpaired) electrons. The summed E-state index contributed by atoms with van der Waals surface area (Å²) in [6, 6.07) is 20.0. The number of nitrogens with one attached hydrogen (secondary N) is 1. The second-order valence-electron chi connectivity index (χ2n) is 6.32. The largest absolute Gasteiger partial charge is 0.354 e. The number of amides is 1. The molecule has 0 fully saturated rings. The molecule has 0 aliphatic heterocycles. The number of carbonyl (C=O) groups excluding carboxylic acids is 1. The Morgan fingerprint density at radius 1 is 1.00 bits per heavy atom. The van der Waals surface area contributed by atoms with Crippen molar-refractivity contribution in [2.45, 2.75) is 19.4 Å². The quantitative estimate of drug-likeness (QED) is 0.851.